The highest BCUT2D eigenvalue weighted by Crippen LogP contribution is 2.17. The third kappa shape index (κ3) is 4.53. The van der Waals surface area contributed by atoms with Gasteiger partial charge in [0, 0.05) is 24.8 Å². The van der Waals surface area contributed by atoms with E-state index in [1.807, 2.05) is 0 Å². The summed E-state index contributed by atoms with van der Waals surface area (Å²) in [5.41, 5.74) is 5.72. The van der Waals surface area contributed by atoms with Crippen LogP contribution in [-0.4, -0.2) is 41.0 Å². The van der Waals surface area contributed by atoms with E-state index in [0.29, 0.717) is 12.1 Å². The zero-order chi connectivity index (χ0) is 16.8. The number of ether oxygens (including phenoxy) is 1. The summed E-state index contributed by atoms with van der Waals surface area (Å²) < 4.78 is 5.10. The summed E-state index contributed by atoms with van der Waals surface area (Å²) in [6, 6.07) is 5.19. The van der Waals surface area contributed by atoms with Crippen LogP contribution in [0.1, 0.15) is 18.4 Å². The highest BCUT2D eigenvalue weighted by Gasteiger charge is 2.27. The van der Waals surface area contributed by atoms with Gasteiger partial charge in [0.15, 0.2) is 0 Å². The van der Waals surface area contributed by atoms with Gasteiger partial charge in [0.1, 0.15) is 6.61 Å². The van der Waals surface area contributed by atoms with E-state index in [9.17, 15) is 19.7 Å². The molecule has 2 N–H and O–H groups in total. The first kappa shape index (κ1) is 16.5. The van der Waals surface area contributed by atoms with Crippen molar-refractivity contribution in [1.29, 1.82) is 0 Å². The summed E-state index contributed by atoms with van der Waals surface area (Å²) >= 11 is 0. The second kappa shape index (κ2) is 7.39. The normalized spacial score (nSPS) is 17.4. The molecular weight excluding hydrogens is 302 g/mol. The largest absolute Gasteiger partial charge is 0.460 e. The highest BCUT2D eigenvalue weighted by atomic mass is 16.6. The molecule has 1 saturated heterocycles. The number of rotatable bonds is 5. The van der Waals surface area contributed by atoms with Crippen molar-refractivity contribution in [2.24, 2.45) is 5.73 Å². The number of hydrogen-bond acceptors (Lipinski definition) is 5. The Morgan fingerprint density at radius 3 is 2.96 bits per heavy atom. The van der Waals surface area contributed by atoms with Crippen LogP contribution < -0.4 is 5.73 Å². The smallest absolute Gasteiger partial charge is 0.330 e. The van der Waals surface area contributed by atoms with Gasteiger partial charge >= 0.3 is 12.0 Å². The number of benzene rings is 1. The first-order valence-electron chi connectivity index (χ1n) is 7.13. The molecule has 122 valence electrons. The fourth-order valence-corrected chi connectivity index (χ4v) is 2.43. The van der Waals surface area contributed by atoms with Crippen LogP contribution in [0.5, 0.6) is 0 Å². The topological polar surface area (TPSA) is 116 Å². The minimum Gasteiger partial charge on any atom is -0.460 e. The van der Waals surface area contributed by atoms with E-state index in [1.165, 1.54) is 35.3 Å². The molecule has 0 aromatic heterocycles. The van der Waals surface area contributed by atoms with E-state index in [1.54, 1.807) is 6.07 Å². The van der Waals surface area contributed by atoms with Crippen LogP contribution in [0.3, 0.4) is 0 Å². The van der Waals surface area contributed by atoms with Crippen molar-refractivity contribution in [2.75, 3.05) is 13.2 Å². The molecule has 0 aliphatic carbocycles. The molecule has 1 aromatic carbocycles. The Labute approximate surface area is 132 Å². The Morgan fingerprint density at radius 1 is 1.48 bits per heavy atom. The van der Waals surface area contributed by atoms with Gasteiger partial charge in [0.2, 0.25) is 0 Å². The molecule has 2 amide bonds. The molecule has 1 fully saturated rings. The number of nitrogens with zero attached hydrogens (tertiary/aromatic N) is 2. The van der Waals surface area contributed by atoms with Crippen molar-refractivity contribution in [3.63, 3.8) is 0 Å². The first-order chi connectivity index (χ1) is 11.0. The fourth-order valence-electron chi connectivity index (χ4n) is 2.43. The Balaban J connectivity index is 1.88. The van der Waals surface area contributed by atoms with Gasteiger partial charge in [0.25, 0.3) is 5.69 Å². The van der Waals surface area contributed by atoms with Crippen LogP contribution in [-0.2, 0) is 9.53 Å². The maximum Gasteiger partial charge on any atom is 0.330 e. The number of primary amides is 1. The predicted molar refractivity (Wildman–Crippen MR) is 82.4 cm³/mol. The van der Waals surface area contributed by atoms with Crippen molar-refractivity contribution >= 4 is 23.8 Å². The van der Waals surface area contributed by atoms with E-state index < -0.39 is 16.9 Å². The van der Waals surface area contributed by atoms with Crippen molar-refractivity contribution in [1.82, 2.24) is 4.90 Å². The zero-order valence-electron chi connectivity index (χ0n) is 12.4. The number of carbonyl (C=O) groups excluding carboxylic acids is 2. The third-order valence-electron chi connectivity index (χ3n) is 3.57. The molecule has 8 heteroatoms. The van der Waals surface area contributed by atoms with Crippen molar-refractivity contribution in [2.45, 2.75) is 18.9 Å². The Bertz CT molecular complexity index is 644. The molecule has 0 radical (unpaired) electrons. The molecule has 1 aromatic rings. The Morgan fingerprint density at radius 2 is 2.26 bits per heavy atom. The van der Waals surface area contributed by atoms with Crippen molar-refractivity contribution < 1.29 is 19.2 Å². The molecule has 1 aliphatic rings. The molecule has 1 aliphatic heterocycles. The molecule has 1 heterocycles. The number of non-ortho nitro benzene ring substituents is 1. The van der Waals surface area contributed by atoms with Crippen LogP contribution in [0.15, 0.2) is 30.3 Å². The van der Waals surface area contributed by atoms with E-state index >= 15 is 0 Å². The number of urea groups is 1. The van der Waals surface area contributed by atoms with E-state index in [2.05, 4.69) is 0 Å². The van der Waals surface area contributed by atoms with Gasteiger partial charge in [-0.15, -0.1) is 0 Å². The lowest BCUT2D eigenvalue weighted by molar-refractivity contribution is -0.384. The van der Waals surface area contributed by atoms with Crippen molar-refractivity contribution in [3.8, 4) is 0 Å². The van der Waals surface area contributed by atoms with Gasteiger partial charge in [-0.1, -0.05) is 12.1 Å². The molecule has 0 saturated carbocycles. The van der Waals surface area contributed by atoms with E-state index in [-0.39, 0.29) is 18.3 Å². The number of carbonyl (C=O) groups is 2. The number of amides is 2. The number of esters is 1. The third-order valence-corrected chi connectivity index (χ3v) is 3.57. The molecule has 23 heavy (non-hydrogen) atoms. The average molecular weight is 319 g/mol. The maximum atomic E-state index is 11.7. The number of nitrogens with two attached hydrogens (primary N) is 1. The van der Waals surface area contributed by atoms with Gasteiger partial charge in [-0.05, 0) is 24.5 Å². The number of hydrogen-bond donors (Lipinski definition) is 1. The molecule has 1 atom stereocenters. The minimum atomic E-state index is -0.576. The van der Waals surface area contributed by atoms with Crippen molar-refractivity contribution in [3.05, 3.63) is 46.0 Å². The highest BCUT2D eigenvalue weighted by molar-refractivity contribution is 5.87. The van der Waals surface area contributed by atoms with E-state index in [0.717, 1.165) is 12.8 Å². The predicted octanol–water partition coefficient (Wildman–Crippen LogP) is 1.69. The number of nitro benzene ring substituents is 1. The van der Waals surface area contributed by atoms with Gasteiger partial charge in [-0.25, -0.2) is 9.59 Å². The standard InChI is InChI=1S/C15H17N3O5/c16-15(20)17-8-2-5-13(17)10-23-14(19)7-6-11-3-1-4-12(9-11)18(21)22/h1,3-4,6-7,9,13H,2,5,8,10H2,(H2,16,20)/b7-6+. The minimum absolute atomic E-state index is 0.0522. The molecular formula is C15H17N3O5. The molecule has 1 unspecified atom stereocenters. The summed E-state index contributed by atoms with van der Waals surface area (Å²) in [7, 11) is 0. The summed E-state index contributed by atoms with van der Waals surface area (Å²) in [6.45, 7) is 0.655. The zero-order valence-corrected chi connectivity index (χ0v) is 12.4. The lowest BCUT2D eigenvalue weighted by Gasteiger charge is -2.21. The van der Waals surface area contributed by atoms with Crippen LogP contribution in [0, 0.1) is 10.1 Å². The van der Waals surface area contributed by atoms with Gasteiger partial charge in [0.05, 0.1) is 11.0 Å². The summed E-state index contributed by atoms with van der Waals surface area (Å²) in [5, 5.41) is 10.7. The van der Waals surface area contributed by atoms with Crippen LogP contribution >= 0.6 is 0 Å². The second-order valence-electron chi connectivity index (χ2n) is 5.14. The number of nitro groups is 1. The molecule has 0 bridgehead atoms. The SMILES string of the molecule is NC(=O)N1CCCC1COC(=O)/C=C/c1cccc([N+](=O)[O-])c1. The van der Waals surface area contributed by atoms with Crippen LogP contribution in [0.25, 0.3) is 6.08 Å². The Hall–Kier alpha value is -2.90. The Kier molecular flexibility index (Phi) is 5.29. The van der Waals surface area contributed by atoms with Crippen LogP contribution in [0.4, 0.5) is 10.5 Å². The van der Waals surface area contributed by atoms with Gasteiger partial charge in [-0.3, -0.25) is 10.1 Å². The second-order valence-corrected chi connectivity index (χ2v) is 5.14. The number of likely N-dealkylation sites (tertiary alicyclic amines) is 1. The van der Waals surface area contributed by atoms with Gasteiger partial charge in [-0.2, -0.15) is 0 Å². The average Bonchev–Trinajstić information content (AvgIpc) is 3.00. The summed E-state index contributed by atoms with van der Waals surface area (Å²) in [6.07, 6.45) is 4.21. The first-order valence-corrected chi connectivity index (χ1v) is 7.13. The summed E-state index contributed by atoms with van der Waals surface area (Å²) in [5.74, 6) is -0.576. The molecule has 0 spiro atoms. The van der Waals surface area contributed by atoms with Gasteiger partial charge < -0.3 is 15.4 Å². The molecule has 2 rings (SSSR count). The summed E-state index contributed by atoms with van der Waals surface area (Å²) in [4.78, 5) is 34.5. The lowest BCUT2D eigenvalue weighted by Crippen LogP contribution is -2.41. The van der Waals surface area contributed by atoms with Crippen LogP contribution in [0.2, 0.25) is 0 Å². The maximum absolute atomic E-state index is 11.7. The quantitative estimate of drug-likeness (QED) is 0.384. The lowest BCUT2D eigenvalue weighted by atomic mass is 10.2. The monoisotopic (exact) mass is 319 g/mol. The van der Waals surface area contributed by atoms with E-state index in [4.69, 9.17) is 10.5 Å². The molecule has 8 nitrogen and oxygen atoms in total. The fraction of sp³-hybridized carbons (Fsp3) is 0.333.